The highest BCUT2D eigenvalue weighted by Gasteiger charge is 2.58. The molecule has 2 fully saturated rings. The van der Waals surface area contributed by atoms with Crippen LogP contribution < -0.4 is 0 Å². The number of rotatable bonds is 4. The average molecular weight is 331 g/mol. The van der Waals surface area contributed by atoms with Gasteiger partial charge in [-0.15, -0.1) is 0 Å². The molecular weight excluding hydrogens is 306 g/mol. The number of carbonyl (C=O) groups is 2. The second-order valence-corrected chi connectivity index (χ2v) is 7.19. The van der Waals surface area contributed by atoms with Gasteiger partial charge in [0.15, 0.2) is 0 Å². The summed E-state index contributed by atoms with van der Waals surface area (Å²) in [6, 6.07) is 10.2. The van der Waals surface area contributed by atoms with Crippen LogP contribution >= 0.6 is 0 Å². The number of aliphatic carboxylic acids is 1. The van der Waals surface area contributed by atoms with Crippen LogP contribution in [-0.4, -0.2) is 78.6 Å². The largest absolute Gasteiger partial charge is 0.481 e. The standard InChI is InChI=1S/C18H25N3O3/c1-19(2)17(24)21-11-15-10-20(12-18(15,13-21)16(22)23)9-8-14-6-4-3-5-7-14/h3-7,15H,8-13H2,1-2H3,(H,22,23)/t15-,18-/m0/s1. The Bertz CT molecular complexity index is 619. The molecule has 2 saturated heterocycles. The number of carboxylic acids is 1. The molecule has 0 bridgehead atoms. The zero-order chi connectivity index (χ0) is 17.3. The maximum Gasteiger partial charge on any atom is 0.319 e. The van der Waals surface area contributed by atoms with Gasteiger partial charge in [-0.3, -0.25) is 4.79 Å². The first kappa shape index (κ1) is 16.8. The number of benzene rings is 1. The van der Waals surface area contributed by atoms with Crippen molar-refractivity contribution in [2.24, 2.45) is 11.3 Å². The second kappa shape index (κ2) is 6.43. The lowest BCUT2D eigenvalue weighted by molar-refractivity contribution is -0.148. The first-order valence-corrected chi connectivity index (χ1v) is 8.38. The molecule has 2 heterocycles. The number of fused-ring (bicyclic) bond motifs is 1. The highest BCUT2D eigenvalue weighted by molar-refractivity contribution is 5.80. The molecule has 24 heavy (non-hydrogen) atoms. The van der Waals surface area contributed by atoms with Crippen LogP contribution in [0, 0.1) is 11.3 Å². The fourth-order valence-corrected chi connectivity index (χ4v) is 4.00. The van der Waals surface area contributed by atoms with Crippen LogP contribution in [0.4, 0.5) is 4.79 Å². The van der Waals surface area contributed by atoms with Crippen LogP contribution in [0.25, 0.3) is 0 Å². The van der Waals surface area contributed by atoms with Crippen molar-refractivity contribution in [1.29, 1.82) is 0 Å². The number of carboxylic acid groups (broad SMARTS) is 1. The van der Waals surface area contributed by atoms with Gasteiger partial charge in [-0.05, 0) is 12.0 Å². The summed E-state index contributed by atoms with van der Waals surface area (Å²) < 4.78 is 0. The van der Waals surface area contributed by atoms with Gasteiger partial charge in [0.05, 0.1) is 0 Å². The number of likely N-dealkylation sites (tertiary alicyclic amines) is 2. The zero-order valence-electron chi connectivity index (χ0n) is 14.3. The molecule has 1 N–H and O–H groups in total. The van der Waals surface area contributed by atoms with Gasteiger partial charge in [-0.1, -0.05) is 30.3 Å². The van der Waals surface area contributed by atoms with Gasteiger partial charge in [0, 0.05) is 52.7 Å². The summed E-state index contributed by atoms with van der Waals surface area (Å²) in [5.41, 5.74) is 0.450. The number of hydrogen-bond acceptors (Lipinski definition) is 3. The van der Waals surface area contributed by atoms with Crippen molar-refractivity contribution in [3.05, 3.63) is 35.9 Å². The average Bonchev–Trinajstić information content (AvgIpc) is 3.08. The third-order valence-corrected chi connectivity index (χ3v) is 5.32. The van der Waals surface area contributed by atoms with Crippen LogP contribution in [0.5, 0.6) is 0 Å². The maximum absolute atomic E-state index is 12.2. The molecule has 2 aliphatic heterocycles. The van der Waals surface area contributed by atoms with Crippen molar-refractivity contribution >= 4 is 12.0 Å². The Balaban J connectivity index is 1.65. The van der Waals surface area contributed by atoms with Gasteiger partial charge in [-0.25, -0.2) is 4.79 Å². The zero-order valence-corrected chi connectivity index (χ0v) is 14.3. The number of nitrogens with zero attached hydrogens (tertiary/aromatic N) is 3. The number of amides is 2. The minimum absolute atomic E-state index is 0.00896. The van der Waals surface area contributed by atoms with Gasteiger partial charge < -0.3 is 19.8 Å². The van der Waals surface area contributed by atoms with E-state index in [1.165, 1.54) is 10.5 Å². The highest BCUT2D eigenvalue weighted by atomic mass is 16.4. The minimum atomic E-state index is -0.817. The van der Waals surface area contributed by atoms with E-state index in [0.717, 1.165) is 19.5 Å². The lowest BCUT2D eigenvalue weighted by atomic mass is 9.81. The normalized spacial score (nSPS) is 26.4. The van der Waals surface area contributed by atoms with Crippen molar-refractivity contribution in [2.75, 3.05) is 46.8 Å². The highest BCUT2D eigenvalue weighted by Crippen LogP contribution is 2.43. The number of carbonyl (C=O) groups excluding carboxylic acids is 1. The monoisotopic (exact) mass is 331 g/mol. The van der Waals surface area contributed by atoms with Gasteiger partial charge >= 0.3 is 12.0 Å². The van der Waals surface area contributed by atoms with E-state index < -0.39 is 11.4 Å². The smallest absolute Gasteiger partial charge is 0.319 e. The van der Waals surface area contributed by atoms with Gasteiger partial charge in [0.25, 0.3) is 0 Å². The number of urea groups is 1. The Morgan fingerprint density at radius 2 is 1.92 bits per heavy atom. The van der Waals surface area contributed by atoms with Crippen LogP contribution in [0.15, 0.2) is 30.3 Å². The topological polar surface area (TPSA) is 64.1 Å². The summed E-state index contributed by atoms with van der Waals surface area (Å²) in [4.78, 5) is 29.6. The first-order chi connectivity index (χ1) is 11.4. The second-order valence-electron chi connectivity index (χ2n) is 7.19. The van der Waals surface area contributed by atoms with E-state index in [-0.39, 0.29) is 11.9 Å². The molecule has 0 radical (unpaired) electrons. The predicted octanol–water partition coefficient (Wildman–Crippen LogP) is 1.23. The molecule has 0 aliphatic carbocycles. The quantitative estimate of drug-likeness (QED) is 0.901. The summed E-state index contributed by atoms with van der Waals surface area (Å²) in [7, 11) is 3.41. The lowest BCUT2D eigenvalue weighted by Gasteiger charge is -2.27. The van der Waals surface area contributed by atoms with E-state index in [0.29, 0.717) is 19.6 Å². The van der Waals surface area contributed by atoms with Crippen LogP contribution in [0.2, 0.25) is 0 Å². The van der Waals surface area contributed by atoms with Crippen molar-refractivity contribution in [3.8, 4) is 0 Å². The van der Waals surface area contributed by atoms with E-state index in [1.807, 2.05) is 18.2 Å². The van der Waals surface area contributed by atoms with Crippen molar-refractivity contribution in [1.82, 2.24) is 14.7 Å². The van der Waals surface area contributed by atoms with Crippen LogP contribution in [0.1, 0.15) is 5.56 Å². The Morgan fingerprint density at radius 1 is 1.21 bits per heavy atom. The summed E-state index contributed by atoms with van der Waals surface area (Å²) in [5, 5.41) is 9.84. The molecule has 0 spiro atoms. The molecule has 0 saturated carbocycles. The molecule has 2 aliphatic rings. The molecule has 0 aromatic heterocycles. The molecule has 6 nitrogen and oxygen atoms in total. The van der Waals surface area contributed by atoms with Gasteiger partial charge in [-0.2, -0.15) is 0 Å². The number of hydrogen-bond donors (Lipinski definition) is 1. The summed E-state index contributed by atoms with van der Waals surface area (Å²) >= 11 is 0. The minimum Gasteiger partial charge on any atom is -0.481 e. The van der Waals surface area contributed by atoms with E-state index in [4.69, 9.17) is 0 Å². The van der Waals surface area contributed by atoms with E-state index in [9.17, 15) is 14.7 Å². The lowest BCUT2D eigenvalue weighted by Crippen LogP contribution is -2.44. The Hall–Kier alpha value is -2.08. The first-order valence-electron chi connectivity index (χ1n) is 8.38. The molecule has 1 aromatic rings. The summed E-state index contributed by atoms with van der Waals surface area (Å²) in [6.45, 7) is 2.97. The van der Waals surface area contributed by atoms with Crippen molar-refractivity contribution < 1.29 is 14.7 Å². The maximum atomic E-state index is 12.2. The molecule has 2 atom stereocenters. The van der Waals surface area contributed by atoms with Gasteiger partial charge in [0.2, 0.25) is 0 Å². The summed E-state index contributed by atoms with van der Waals surface area (Å²) in [5.74, 6) is -0.765. The van der Waals surface area contributed by atoms with Crippen LogP contribution in [0.3, 0.4) is 0 Å². The van der Waals surface area contributed by atoms with E-state index >= 15 is 0 Å². The molecule has 0 unspecified atom stereocenters. The molecular formula is C18H25N3O3. The Kier molecular flexibility index (Phi) is 4.49. The Labute approximate surface area is 142 Å². The Morgan fingerprint density at radius 3 is 2.50 bits per heavy atom. The molecule has 2 amide bonds. The van der Waals surface area contributed by atoms with Crippen molar-refractivity contribution in [3.63, 3.8) is 0 Å². The van der Waals surface area contributed by atoms with Crippen LogP contribution in [-0.2, 0) is 11.2 Å². The molecule has 6 heteroatoms. The third kappa shape index (κ3) is 2.98. The fourth-order valence-electron chi connectivity index (χ4n) is 4.00. The third-order valence-electron chi connectivity index (χ3n) is 5.32. The molecule has 3 rings (SSSR count). The summed E-state index contributed by atoms with van der Waals surface area (Å²) in [6.07, 6.45) is 0.920. The predicted molar refractivity (Wildman–Crippen MR) is 90.8 cm³/mol. The fraction of sp³-hybridized carbons (Fsp3) is 0.556. The van der Waals surface area contributed by atoms with Crippen molar-refractivity contribution in [2.45, 2.75) is 6.42 Å². The van der Waals surface area contributed by atoms with E-state index in [2.05, 4.69) is 17.0 Å². The molecule has 1 aromatic carbocycles. The SMILES string of the molecule is CN(C)C(=O)N1C[C@@H]2CN(CCc3ccccc3)C[C@]2(C(=O)O)C1. The van der Waals surface area contributed by atoms with Gasteiger partial charge in [0.1, 0.15) is 5.41 Å². The molecule has 130 valence electrons. The van der Waals surface area contributed by atoms with E-state index in [1.54, 1.807) is 19.0 Å².